The molecule has 0 aromatic heterocycles. The minimum absolute atomic E-state index is 0.0181. The van der Waals surface area contributed by atoms with E-state index in [-0.39, 0.29) is 23.7 Å². The largest absolute Gasteiger partial charge is 0.496 e. The van der Waals surface area contributed by atoms with Gasteiger partial charge in [-0.05, 0) is 43.9 Å². The van der Waals surface area contributed by atoms with Gasteiger partial charge in [0, 0.05) is 23.9 Å². The van der Waals surface area contributed by atoms with Gasteiger partial charge in [-0.15, -0.1) is 0 Å². The second-order valence-electron chi connectivity index (χ2n) is 7.22. The fourth-order valence-corrected chi connectivity index (χ4v) is 3.72. The Labute approximate surface area is 170 Å². The second-order valence-corrected chi connectivity index (χ2v) is 7.22. The number of benzene rings is 2. The number of carbonyl (C=O) groups excluding carboxylic acids is 2. The zero-order chi connectivity index (χ0) is 20.6. The summed E-state index contributed by atoms with van der Waals surface area (Å²) >= 11 is 0. The van der Waals surface area contributed by atoms with Crippen LogP contribution in [0.3, 0.4) is 0 Å². The van der Waals surface area contributed by atoms with E-state index in [9.17, 15) is 9.59 Å². The van der Waals surface area contributed by atoms with Crippen molar-refractivity contribution in [2.24, 2.45) is 11.8 Å². The number of nitriles is 1. The molecule has 29 heavy (non-hydrogen) atoms. The molecular formula is C23H25N3O3. The Morgan fingerprint density at radius 3 is 2.31 bits per heavy atom. The Morgan fingerprint density at radius 1 is 1.00 bits per heavy atom. The molecule has 1 fully saturated rings. The molecule has 1 aliphatic carbocycles. The van der Waals surface area contributed by atoms with Gasteiger partial charge in [0.05, 0.1) is 18.4 Å². The summed E-state index contributed by atoms with van der Waals surface area (Å²) in [5.41, 5.74) is 1.93. The van der Waals surface area contributed by atoms with Crippen molar-refractivity contribution in [1.29, 1.82) is 5.26 Å². The molecule has 2 amide bonds. The fourth-order valence-electron chi connectivity index (χ4n) is 3.72. The Balaban J connectivity index is 1.49. The van der Waals surface area contributed by atoms with Gasteiger partial charge >= 0.3 is 0 Å². The zero-order valence-corrected chi connectivity index (χ0v) is 16.5. The van der Waals surface area contributed by atoms with Gasteiger partial charge < -0.3 is 15.4 Å². The van der Waals surface area contributed by atoms with Crippen molar-refractivity contribution in [2.45, 2.75) is 32.2 Å². The van der Waals surface area contributed by atoms with Gasteiger partial charge in [-0.2, -0.15) is 5.26 Å². The van der Waals surface area contributed by atoms with Crippen LogP contribution in [0.25, 0.3) is 0 Å². The van der Waals surface area contributed by atoms with Crippen molar-refractivity contribution in [1.82, 2.24) is 5.32 Å². The number of para-hydroxylation sites is 2. The first-order chi connectivity index (χ1) is 14.1. The maximum Gasteiger partial charge on any atom is 0.227 e. The minimum atomic E-state index is -0.139. The van der Waals surface area contributed by atoms with Crippen LogP contribution in [0.2, 0.25) is 0 Å². The van der Waals surface area contributed by atoms with Crippen LogP contribution in [0.1, 0.15) is 36.8 Å². The highest BCUT2D eigenvalue weighted by Crippen LogP contribution is 2.30. The van der Waals surface area contributed by atoms with Gasteiger partial charge in [0.1, 0.15) is 11.8 Å². The number of hydrogen-bond acceptors (Lipinski definition) is 4. The summed E-state index contributed by atoms with van der Waals surface area (Å²) in [7, 11) is 1.61. The summed E-state index contributed by atoms with van der Waals surface area (Å²) in [5.74, 6) is 0.469. The summed E-state index contributed by atoms with van der Waals surface area (Å²) in [6.45, 7) is 0.425. The van der Waals surface area contributed by atoms with Gasteiger partial charge in [-0.3, -0.25) is 9.59 Å². The van der Waals surface area contributed by atoms with Crippen molar-refractivity contribution >= 4 is 17.5 Å². The molecule has 0 bridgehead atoms. The fraction of sp³-hybridized carbons (Fsp3) is 0.348. The van der Waals surface area contributed by atoms with E-state index in [1.165, 1.54) is 0 Å². The van der Waals surface area contributed by atoms with E-state index in [0.29, 0.717) is 43.5 Å². The first-order valence-electron chi connectivity index (χ1n) is 9.82. The molecule has 0 spiro atoms. The molecule has 0 radical (unpaired) electrons. The third-order valence-corrected chi connectivity index (χ3v) is 5.42. The van der Waals surface area contributed by atoms with Gasteiger partial charge in [0.15, 0.2) is 0 Å². The normalized spacial score (nSPS) is 18.3. The molecular weight excluding hydrogens is 366 g/mol. The molecule has 6 nitrogen and oxygen atoms in total. The number of methoxy groups -OCH3 is 1. The lowest BCUT2D eigenvalue weighted by atomic mass is 9.81. The monoisotopic (exact) mass is 391 g/mol. The molecule has 0 unspecified atom stereocenters. The summed E-state index contributed by atoms with van der Waals surface area (Å²) in [6.07, 6.45) is 2.67. The average molecular weight is 391 g/mol. The van der Waals surface area contributed by atoms with E-state index in [2.05, 4.69) is 16.7 Å². The predicted molar refractivity (Wildman–Crippen MR) is 110 cm³/mol. The van der Waals surface area contributed by atoms with Crippen LogP contribution in [-0.2, 0) is 16.1 Å². The highest BCUT2D eigenvalue weighted by molar-refractivity contribution is 5.94. The Morgan fingerprint density at radius 2 is 1.62 bits per heavy atom. The summed E-state index contributed by atoms with van der Waals surface area (Å²) in [4.78, 5) is 25.1. The van der Waals surface area contributed by atoms with Crippen molar-refractivity contribution in [2.75, 3.05) is 12.4 Å². The van der Waals surface area contributed by atoms with Crippen LogP contribution in [0.15, 0.2) is 48.5 Å². The summed E-state index contributed by atoms with van der Waals surface area (Å²) in [5, 5.41) is 15.0. The van der Waals surface area contributed by atoms with Crippen LogP contribution in [0.5, 0.6) is 5.75 Å². The molecule has 3 rings (SSSR count). The molecule has 0 heterocycles. The van der Waals surface area contributed by atoms with Crippen molar-refractivity contribution in [3.05, 3.63) is 59.7 Å². The van der Waals surface area contributed by atoms with E-state index in [0.717, 1.165) is 11.3 Å². The molecule has 0 aliphatic heterocycles. The van der Waals surface area contributed by atoms with Crippen LogP contribution < -0.4 is 15.4 Å². The van der Waals surface area contributed by atoms with Crippen LogP contribution in [-0.4, -0.2) is 18.9 Å². The number of amides is 2. The van der Waals surface area contributed by atoms with Gasteiger partial charge in [0.25, 0.3) is 0 Å². The standard InChI is InChI=1S/C23H25N3O3/c1-29-21-9-5-3-7-19(21)15-25-22(27)16-10-12-17(13-11-16)23(28)26-20-8-4-2-6-18(20)14-24/h2-9,16-17H,10-13,15H2,1H3,(H,25,27)(H,26,28). The van der Waals surface area contributed by atoms with Crippen molar-refractivity contribution in [3.63, 3.8) is 0 Å². The van der Waals surface area contributed by atoms with E-state index < -0.39 is 0 Å². The number of carbonyl (C=O) groups is 2. The van der Waals surface area contributed by atoms with Gasteiger partial charge in [-0.1, -0.05) is 30.3 Å². The molecule has 2 aromatic rings. The SMILES string of the molecule is COc1ccccc1CNC(=O)C1CCC(C(=O)Nc2ccccc2C#N)CC1. The van der Waals surface area contributed by atoms with Crippen LogP contribution >= 0.6 is 0 Å². The molecule has 2 aromatic carbocycles. The highest BCUT2D eigenvalue weighted by atomic mass is 16.5. The number of rotatable bonds is 6. The molecule has 2 N–H and O–H groups in total. The molecule has 0 saturated heterocycles. The molecule has 1 aliphatic rings. The van der Waals surface area contributed by atoms with Crippen LogP contribution in [0.4, 0.5) is 5.69 Å². The number of nitrogens with zero attached hydrogens (tertiary/aromatic N) is 1. The summed E-state index contributed by atoms with van der Waals surface area (Å²) in [6, 6.07) is 16.7. The molecule has 6 heteroatoms. The number of hydrogen-bond donors (Lipinski definition) is 2. The Kier molecular flexibility index (Phi) is 6.85. The van der Waals surface area contributed by atoms with E-state index in [1.54, 1.807) is 31.4 Å². The number of ether oxygens (including phenoxy) is 1. The number of nitrogens with one attached hydrogen (secondary N) is 2. The maximum absolute atomic E-state index is 12.6. The number of anilines is 1. The predicted octanol–water partition coefficient (Wildman–Crippen LogP) is 3.63. The van der Waals surface area contributed by atoms with Crippen molar-refractivity contribution < 1.29 is 14.3 Å². The second kappa shape index (κ2) is 9.74. The average Bonchev–Trinajstić information content (AvgIpc) is 2.78. The lowest BCUT2D eigenvalue weighted by Crippen LogP contribution is -2.35. The third-order valence-electron chi connectivity index (χ3n) is 5.42. The van der Waals surface area contributed by atoms with E-state index in [4.69, 9.17) is 10.00 Å². The summed E-state index contributed by atoms with van der Waals surface area (Å²) < 4.78 is 5.31. The zero-order valence-electron chi connectivity index (χ0n) is 16.5. The van der Waals surface area contributed by atoms with Gasteiger partial charge in [0.2, 0.25) is 11.8 Å². The van der Waals surface area contributed by atoms with Crippen LogP contribution in [0, 0.1) is 23.2 Å². The quantitative estimate of drug-likeness (QED) is 0.787. The lowest BCUT2D eigenvalue weighted by molar-refractivity contribution is -0.128. The first kappa shape index (κ1) is 20.4. The van der Waals surface area contributed by atoms with E-state index in [1.807, 2.05) is 24.3 Å². The first-order valence-corrected chi connectivity index (χ1v) is 9.82. The van der Waals surface area contributed by atoms with E-state index >= 15 is 0 Å². The van der Waals surface area contributed by atoms with Crippen molar-refractivity contribution in [3.8, 4) is 11.8 Å². The topological polar surface area (TPSA) is 91.2 Å². The Bertz CT molecular complexity index is 912. The molecule has 0 atom stereocenters. The lowest BCUT2D eigenvalue weighted by Gasteiger charge is -2.27. The smallest absolute Gasteiger partial charge is 0.227 e. The molecule has 1 saturated carbocycles. The Hall–Kier alpha value is -3.33. The third kappa shape index (κ3) is 5.14. The minimum Gasteiger partial charge on any atom is -0.496 e. The molecule has 150 valence electrons. The van der Waals surface area contributed by atoms with Gasteiger partial charge in [-0.25, -0.2) is 0 Å². The maximum atomic E-state index is 12.6. The highest BCUT2D eigenvalue weighted by Gasteiger charge is 2.30.